The van der Waals surface area contributed by atoms with Crippen LogP contribution in [0.2, 0.25) is 5.02 Å². The molecule has 0 aliphatic carbocycles. The molecule has 11 heteroatoms. The Morgan fingerprint density at radius 3 is 2.19 bits per heavy atom. The molecule has 2 aromatic carbocycles. The van der Waals surface area contributed by atoms with Crippen LogP contribution in [-0.4, -0.2) is 16.1 Å². The molecule has 0 spiro atoms. The van der Waals surface area contributed by atoms with E-state index in [0.29, 0.717) is 23.2 Å². The second-order valence-electron chi connectivity index (χ2n) is 6.26. The molecule has 0 unspecified atom stereocenters. The van der Waals surface area contributed by atoms with Gasteiger partial charge in [-0.05, 0) is 60.0 Å². The Morgan fingerprint density at radius 2 is 1.68 bits per heavy atom. The minimum Gasteiger partial charge on any atom is -0.478 e. The monoisotopic (exact) mass is 474 g/mol. The molecule has 0 amide bonds. The molecule has 3 rings (SSSR count). The average molecular weight is 475 g/mol. The van der Waals surface area contributed by atoms with Crippen molar-refractivity contribution in [2.45, 2.75) is 17.6 Å². The van der Waals surface area contributed by atoms with Crippen LogP contribution in [0.5, 0.6) is 0 Å². The van der Waals surface area contributed by atoms with E-state index in [2.05, 4.69) is 4.98 Å². The Labute approximate surface area is 182 Å². The first-order valence-corrected chi connectivity index (χ1v) is 9.64. The van der Waals surface area contributed by atoms with Crippen LogP contribution in [0.1, 0.15) is 21.5 Å². The molecule has 0 radical (unpaired) electrons. The lowest BCUT2D eigenvalue weighted by atomic mass is 10.2. The van der Waals surface area contributed by atoms with Gasteiger partial charge in [0.15, 0.2) is 5.82 Å². The van der Waals surface area contributed by atoms with Gasteiger partial charge in [0, 0.05) is 17.2 Å². The molecule has 0 atom stereocenters. The first kappa shape index (κ1) is 22.8. The zero-order valence-electron chi connectivity index (χ0n) is 15.3. The van der Waals surface area contributed by atoms with Crippen molar-refractivity contribution in [2.24, 2.45) is 0 Å². The van der Waals surface area contributed by atoms with Crippen LogP contribution in [-0.2, 0) is 12.7 Å². The van der Waals surface area contributed by atoms with Gasteiger partial charge < -0.3 is 5.11 Å². The zero-order chi connectivity index (χ0) is 22.8. The third-order valence-corrected chi connectivity index (χ3v) is 5.23. The van der Waals surface area contributed by atoms with Crippen LogP contribution in [0.3, 0.4) is 0 Å². The fraction of sp³-hybridized carbons (Fsp3) is 0.100. The molecule has 1 N–H and O–H groups in total. The molecule has 1 aromatic heterocycles. The molecule has 0 aliphatic rings. The second kappa shape index (κ2) is 9.11. The van der Waals surface area contributed by atoms with Gasteiger partial charge in [0.2, 0.25) is 0 Å². The van der Waals surface area contributed by atoms with Crippen LogP contribution in [0.15, 0.2) is 59.6 Å². The van der Waals surface area contributed by atoms with Gasteiger partial charge in [0.1, 0.15) is 11.6 Å². The van der Waals surface area contributed by atoms with Crippen LogP contribution < -0.4 is 4.31 Å². The lowest BCUT2D eigenvalue weighted by Gasteiger charge is -2.24. The van der Waals surface area contributed by atoms with E-state index in [-0.39, 0.29) is 28.5 Å². The predicted octanol–water partition coefficient (Wildman–Crippen LogP) is 6.44. The number of alkyl halides is 3. The number of carbonyl (C=O) groups is 1. The summed E-state index contributed by atoms with van der Waals surface area (Å²) in [5.41, 5.74) is -0.826. The molecule has 3 aromatic rings. The highest BCUT2D eigenvalue weighted by Crippen LogP contribution is 2.37. The van der Waals surface area contributed by atoms with Crippen molar-refractivity contribution in [2.75, 3.05) is 4.31 Å². The average Bonchev–Trinajstić information content (AvgIpc) is 2.66. The number of aromatic nitrogens is 1. The number of carboxylic acids is 1. The van der Waals surface area contributed by atoms with Crippen molar-refractivity contribution in [3.05, 3.63) is 88.1 Å². The Kier molecular flexibility index (Phi) is 6.71. The minimum atomic E-state index is -4.65. The molecule has 0 saturated carbocycles. The van der Waals surface area contributed by atoms with Crippen molar-refractivity contribution < 1.29 is 31.9 Å². The van der Waals surface area contributed by atoms with Gasteiger partial charge in [0.05, 0.1) is 22.7 Å². The molecule has 0 saturated heterocycles. The highest BCUT2D eigenvalue weighted by atomic mass is 35.5. The predicted molar refractivity (Wildman–Crippen MR) is 106 cm³/mol. The number of aromatic carboxylic acids is 1. The normalized spacial score (nSPS) is 11.4. The number of rotatable bonds is 6. The largest absolute Gasteiger partial charge is 0.478 e. The number of benzene rings is 2. The van der Waals surface area contributed by atoms with Gasteiger partial charge in [-0.15, -0.1) is 0 Å². The molecule has 4 nitrogen and oxygen atoms in total. The number of hydrogen-bond donors (Lipinski definition) is 1. The van der Waals surface area contributed by atoms with Crippen molar-refractivity contribution in [1.29, 1.82) is 0 Å². The summed E-state index contributed by atoms with van der Waals surface area (Å²) in [4.78, 5) is 15.3. The summed E-state index contributed by atoms with van der Waals surface area (Å²) < 4.78 is 67.4. The SMILES string of the molecule is O=C(O)c1ccc(SN(Cc2cc(F)cc(F)c2)c2ncc(C(F)(F)F)cc2Cl)cc1. The number of anilines is 1. The third-order valence-electron chi connectivity index (χ3n) is 3.95. The molecule has 0 aliphatic heterocycles. The van der Waals surface area contributed by atoms with E-state index in [4.69, 9.17) is 16.7 Å². The van der Waals surface area contributed by atoms with Gasteiger partial charge in [0.25, 0.3) is 0 Å². The van der Waals surface area contributed by atoms with Crippen LogP contribution in [0.25, 0.3) is 0 Å². The van der Waals surface area contributed by atoms with E-state index in [9.17, 15) is 26.7 Å². The Balaban J connectivity index is 1.98. The standard InChI is InChI=1S/C20H12ClF5N2O2S/c21-17-7-13(20(24,25)26)9-27-18(17)28(10-11-5-14(22)8-15(23)6-11)31-16-3-1-12(2-4-16)19(29)30/h1-9H,10H2,(H,29,30). The number of halogens is 6. The maximum atomic E-state index is 13.6. The van der Waals surface area contributed by atoms with E-state index in [1.807, 2.05) is 0 Å². The van der Waals surface area contributed by atoms with Crippen LogP contribution in [0, 0.1) is 11.6 Å². The molecule has 0 bridgehead atoms. The number of nitrogens with zero attached hydrogens (tertiary/aromatic N) is 2. The van der Waals surface area contributed by atoms with Crippen LogP contribution in [0.4, 0.5) is 27.8 Å². The quantitative estimate of drug-likeness (QED) is 0.329. The van der Waals surface area contributed by atoms with E-state index < -0.39 is 29.3 Å². The third kappa shape index (κ3) is 5.86. The smallest absolute Gasteiger partial charge is 0.417 e. The highest BCUT2D eigenvalue weighted by Gasteiger charge is 2.32. The summed E-state index contributed by atoms with van der Waals surface area (Å²) >= 11 is 7.01. The molecular weight excluding hydrogens is 463 g/mol. The summed E-state index contributed by atoms with van der Waals surface area (Å²) in [7, 11) is 0. The summed E-state index contributed by atoms with van der Waals surface area (Å²) in [5, 5.41) is 8.68. The summed E-state index contributed by atoms with van der Waals surface area (Å²) in [6, 6.07) is 9.17. The van der Waals surface area contributed by atoms with Crippen molar-refractivity contribution in [1.82, 2.24) is 4.98 Å². The van der Waals surface area contributed by atoms with Gasteiger partial charge in [-0.1, -0.05) is 11.6 Å². The maximum Gasteiger partial charge on any atom is 0.417 e. The fourth-order valence-corrected chi connectivity index (χ4v) is 3.85. The Bertz CT molecular complexity index is 1090. The lowest BCUT2D eigenvalue weighted by molar-refractivity contribution is -0.137. The lowest BCUT2D eigenvalue weighted by Crippen LogP contribution is -2.17. The highest BCUT2D eigenvalue weighted by molar-refractivity contribution is 8.00. The van der Waals surface area contributed by atoms with E-state index in [1.54, 1.807) is 0 Å². The molecule has 162 valence electrons. The van der Waals surface area contributed by atoms with Gasteiger partial charge in [-0.25, -0.2) is 18.6 Å². The zero-order valence-corrected chi connectivity index (χ0v) is 16.9. The van der Waals surface area contributed by atoms with Gasteiger partial charge >= 0.3 is 12.1 Å². The summed E-state index contributed by atoms with van der Waals surface area (Å²) in [5.74, 6) is -2.84. The summed E-state index contributed by atoms with van der Waals surface area (Å²) in [6.45, 7) is -0.155. The maximum absolute atomic E-state index is 13.6. The molecule has 0 fully saturated rings. The van der Waals surface area contributed by atoms with Gasteiger partial charge in [-0.3, -0.25) is 4.31 Å². The molecular formula is C20H12ClF5N2O2S. The topological polar surface area (TPSA) is 53.4 Å². The number of pyridine rings is 1. The first-order valence-electron chi connectivity index (χ1n) is 8.49. The van der Waals surface area contributed by atoms with E-state index in [0.717, 1.165) is 24.1 Å². The van der Waals surface area contributed by atoms with Crippen molar-refractivity contribution in [3.8, 4) is 0 Å². The van der Waals surface area contributed by atoms with Gasteiger partial charge in [-0.2, -0.15) is 13.2 Å². The Hall–Kier alpha value is -2.85. The minimum absolute atomic E-state index is 0.0359. The van der Waals surface area contributed by atoms with E-state index in [1.165, 1.54) is 28.6 Å². The van der Waals surface area contributed by atoms with Crippen LogP contribution >= 0.6 is 23.5 Å². The Morgan fingerprint density at radius 1 is 1.06 bits per heavy atom. The van der Waals surface area contributed by atoms with Crippen molar-refractivity contribution in [3.63, 3.8) is 0 Å². The fourth-order valence-electron chi connectivity index (χ4n) is 2.57. The second-order valence-corrected chi connectivity index (χ2v) is 7.76. The molecule has 31 heavy (non-hydrogen) atoms. The molecule has 1 heterocycles. The first-order chi connectivity index (χ1) is 14.5. The summed E-state index contributed by atoms with van der Waals surface area (Å²) in [6.07, 6.45) is -4.04. The van der Waals surface area contributed by atoms with E-state index >= 15 is 0 Å². The van der Waals surface area contributed by atoms with Crippen molar-refractivity contribution >= 4 is 35.3 Å². The number of carboxylic acid groups (broad SMARTS) is 1. The number of hydrogen-bond acceptors (Lipinski definition) is 4.